The zero-order chi connectivity index (χ0) is 17.4. The first kappa shape index (κ1) is 17.5. The van der Waals surface area contributed by atoms with Gasteiger partial charge < -0.3 is 15.3 Å². The van der Waals surface area contributed by atoms with Crippen LogP contribution in [0.25, 0.3) is 0 Å². The number of nitrogens with one attached hydrogen (secondary N) is 1. The van der Waals surface area contributed by atoms with Gasteiger partial charge in [0, 0.05) is 25.8 Å². The van der Waals surface area contributed by atoms with Crippen molar-refractivity contribution in [1.82, 2.24) is 10.2 Å². The molecule has 1 saturated heterocycles. The number of nitrogens with zero attached hydrogens (tertiary/aromatic N) is 2. The van der Waals surface area contributed by atoms with Crippen molar-refractivity contribution in [3.8, 4) is 6.07 Å². The van der Waals surface area contributed by atoms with Gasteiger partial charge in [-0.3, -0.25) is 9.59 Å². The van der Waals surface area contributed by atoms with Gasteiger partial charge in [0.2, 0.25) is 0 Å². The number of carboxylic acid groups (broad SMARTS) is 1. The molecule has 24 heavy (non-hydrogen) atoms. The fourth-order valence-corrected chi connectivity index (χ4v) is 2.66. The molecule has 0 saturated carbocycles. The molecule has 2 rings (SSSR count). The van der Waals surface area contributed by atoms with E-state index in [0.717, 1.165) is 5.56 Å². The summed E-state index contributed by atoms with van der Waals surface area (Å²) in [5, 5.41) is 20.9. The van der Waals surface area contributed by atoms with Gasteiger partial charge in [0.15, 0.2) is 0 Å². The smallest absolute Gasteiger partial charge is 0.306 e. The van der Waals surface area contributed by atoms with Crippen LogP contribution in [-0.2, 0) is 16.0 Å². The molecule has 1 fully saturated rings. The molecule has 0 unspecified atom stereocenters. The van der Waals surface area contributed by atoms with Crippen LogP contribution in [0.5, 0.6) is 0 Å². The lowest BCUT2D eigenvalue weighted by Gasteiger charge is -2.29. The second kappa shape index (κ2) is 8.73. The number of nitriles is 1. The first-order valence-electron chi connectivity index (χ1n) is 8.01. The number of hydrogen-bond acceptors (Lipinski definition) is 4. The highest BCUT2D eigenvalue weighted by molar-refractivity contribution is 5.97. The summed E-state index contributed by atoms with van der Waals surface area (Å²) >= 11 is 0. The largest absolute Gasteiger partial charge is 0.481 e. The maximum Gasteiger partial charge on any atom is 0.306 e. The Morgan fingerprint density at radius 3 is 2.54 bits per heavy atom. The first-order chi connectivity index (χ1) is 11.6. The summed E-state index contributed by atoms with van der Waals surface area (Å²) in [4.78, 5) is 24.9. The SMILES string of the molecule is N#C/C(=C\N1CCC(C(=O)O)CC1)C(=O)NCCc1ccccc1. The van der Waals surface area contributed by atoms with E-state index in [2.05, 4.69) is 5.32 Å². The lowest BCUT2D eigenvalue weighted by atomic mass is 9.97. The molecule has 1 aromatic carbocycles. The molecule has 1 amide bonds. The van der Waals surface area contributed by atoms with E-state index in [0.29, 0.717) is 38.9 Å². The number of rotatable bonds is 6. The maximum atomic E-state index is 12.1. The third-order valence-electron chi connectivity index (χ3n) is 4.10. The van der Waals surface area contributed by atoms with Crippen molar-refractivity contribution in [2.45, 2.75) is 19.3 Å². The van der Waals surface area contributed by atoms with Gasteiger partial charge in [-0.25, -0.2) is 0 Å². The lowest BCUT2D eigenvalue weighted by molar-refractivity contribution is -0.143. The van der Waals surface area contributed by atoms with Gasteiger partial charge in [0.05, 0.1) is 5.92 Å². The second-order valence-electron chi connectivity index (χ2n) is 5.79. The van der Waals surface area contributed by atoms with Crippen molar-refractivity contribution < 1.29 is 14.7 Å². The molecule has 1 aliphatic heterocycles. The van der Waals surface area contributed by atoms with E-state index in [9.17, 15) is 14.9 Å². The van der Waals surface area contributed by atoms with Gasteiger partial charge in [0.1, 0.15) is 11.6 Å². The number of carbonyl (C=O) groups excluding carboxylic acids is 1. The maximum absolute atomic E-state index is 12.1. The van der Waals surface area contributed by atoms with Crippen molar-refractivity contribution in [2.75, 3.05) is 19.6 Å². The minimum atomic E-state index is -0.780. The van der Waals surface area contributed by atoms with Crippen LogP contribution in [0.3, 0.4) is 0 Å². The molecule has 1 heterocycles. The first-order valence-corrected chi connectivity index (χ1v) is 8.01. The molecule has 6 nitrogen and oxygen atoms in total. The number of benzene rings is 1. The summed E-state index contributed by atoms with van der Waals surface area (Å²) in [6, 6.07) is 11.7. The number of hydrogen-bond donors (Lipinski definition) is 2. The van der Waals surface area contributed by atoms with Gasteiger partial charge >= 0.3 is 5.97 Å². The number of likely N-dealkylation sites (tertiary alicyclic amines) is 1. The van der Waals surface area contributed by atoms with Crippen LogP contribution in [0.4, 0.5) is 0 Å². The van der Waals surface area contributed by atoms with Gasteiger partial charge in [-0.2, -0.15) is 5.26 Å². The Morgan fingerprint density at radius 1 is 1.29 bits per heavy atom. The van der Waals surface area contributed by atoms with Crippen LogP contribution in [0.15, 0.2) is 42.1 Å². The Labute approximate surface area is 141 Å². The Hall–Kier alpha value is -2.81. The molecule has 126 valence electrons. The Bertz CT molecular complexity index is 641. The molecule has 1 aromatic rings. The van der Waals surface area contributed by atoms with Crippen molar-refractivity contribution in [2.24, 2.45) is 5.92 Å². The molecule has 2 N–H and O–H groups in total. The molecule has 0 atom stereocenters. The van der Waals surface area contributed by atoms with E-state index < -0.39 is 11.9 Å². The van der Waals surface area contributed by atoms with E-state index in [1.807, 2.05) is 41.3 Å². The molecule has 0 aliphatic carbocycles. The third-order valence-corrected chi connectivity index (χ3v) is 4.10. The summed E-state index contributed by atoms with van der Waals surface area (Å²) in [6.45, 7) is 1.54. The number of carboxylic acids is 1. The zero-order valence-corrected chi connectivity index (χ0v) is 13.4. The summed E-state index contributed by atoms with van der Waals surface area (Å²) < 4.78 is 0. The number of amides is 1. The highest BCUT2D eigenvalue weighted by Gasteiger charge is 2.23. The zero-order valence-electron chi connectivity index (χ0n) is 13.4. The fraction of sp³-hybridized carbons (Fsp3) is 0.389. The second-order valence-corrected chi connectivity index (χ2v) is 5.79. The predicted molar refractivity (Wildman–Crippen MR) is 88.8 cm³/mol. The Balaban J connectivity index is 1.83. The van der Waals surface area contributed by atoms with Crippen LogP contribution in [0.1, 0.15) is 18.4 Å². The van der Waals surface area contributed by atoms with Crippen LogP contribution in [0.2, 0.25) is 0 Å². The van der Waals surface area contributed by atoms with Gasteiger partial charge in [-0.15, -0.1) is 0 Å². The van der Waals surface area contributed by atoms with E-state index in [-0.39, 0.29) is 11.5 Å². The molecular weight excluding hydrogens is 306 g/mol. The van der Waals surface area contributed by atoms with Crippen LogP contribution in [-0.4, -0.2) is 41.5 Å². The summed E-state index contributed by atoms with van der Waals surface area (Å²) in [6.07, 6.45) is 3.30. The molecule has 0 spiro atoms. The molecule has 0 bridgehead atoms. The van der Waals surface area contributed by atoms with Crippen LogP contribution < -0.4 is 5.32 Å². The highest BCUT2D eigenvalue weighted by atomic mass is 16.4. The molecule has 6 heteroatoms. The van der Waals surface area contributed by atoms with Crippen LogP contribution >= 0.6 is 0 Å². The Kier molecular flexibility index (Phi) is 6.38. The summed E-state index contributed by atoms with van der Waals surface area (Å²) in [7, 11) is 0. The quantitative estimate of drug-likeness (QED) is 0.611. The Morgan fingerprint density at radius 2 is 1.96 bits per heavy atom. The minimum Gasteiger partial charge on any atom is -0.481 e. The van der Waals surface area contributed by atoms with Crippen molar-refractivity contribution >= 4 is 11.9 Å². The highest BCUT2D eigenvalue weighted by Crippen LogP contribution is 2.18. The minimum absolute atomic E-state index is 0.0526. The number of piperidine rings is 1. The van der Waals surface area contributed by atoms with Crippen molar-refractivity contribution in [1.29, 1.82) is 5.26 Å². The topological polar surface area (TPSA) is 93.4 Å². The van der Waals surface area contributed by atoms with Crippen molar-refractivity contribution in [3.63, 3.8) is 0 Å². The normalized spacial score (nSPS) is 15.6. The van der Waals surface area contributed by atoms with Gasteiger partial charge in [0.25, 0.3) is 5.91 Å². The van der Waals surface area contributed by atoms with Gasteiger partial charge in [-0.05, 0) is 24.8 Å². The molecule has 1 aliphatic rings. The van der Waals surface area contributed by atoms with Crippen molar-refractivity contribution in [3.05, 3.63) is 47.7 Å². The molecular formula is C18H21N3O3. The van der Waals surface area contributed by atoms with E-state index >= 15 is 0 Å². The lowest BCUT2D eigenvalue weighted by Crippen LogP contribution is -2.34. The van der Waals surface area contributed by atoms with Crippen LogP contribution in [0, 0.1) is 17.2 Å². The summed E-state index contributed by atoms with van der Waals surface area (Å²) in [5.41, 5.74) is 1.17. The van der Waals surface area contributed by atoms with E-state index in [1.54, 1.807) is 0 Å². The van der Waals surface area contributed by atoms with E-state index in [1.165, 1.54) is 6.20 Å². The van der Waals surface area contributed by atoms with E-state index in [4.69, 9.17) is 5.11 Å². The molecule has 0 radical (unpaired) electrons. The third kappa shape index (κ3) is 5.13. The standard InChI is InChI=1S/C18H21N3O3/c19-12-16(13-21-10-7-15(8-11-21)18(23)24)17(22)20-9-6-14-4-2-1-3-5-14/h1-5,13,15H,6-11H2,(H,20,22)(H,23,24)/b16-13+. The molecule has 0 aromatic heterocycles. The number of aliphatic carboxylic acids is 1. The predicted octanol–water partition coefficient (Wildman–Crippen LogP) is 1.55. The monoisotopic (exact) mass is 327 g/mol. The van der Waals surface area contributed by atoms with Gasteiger partial charge in [-0.1, -0.05) is 30.3 Å². The number of carbonyl (C=O) groups is 2. The summed E-state index contributed by atoms with van der Waals surface area (Å²) in [5.74, 6) is -1.51. The average Bonchev–Trinajstić information content (AvgIpc) is 2.60. The fourth-order valence-electron chi connectivity index (χ4n) is 2.66. The average molecular weight is 327 g/mol.